The normalized spacial score (nSPS) is 10.9. The van der Waals surface area contributed by atoms with E-state index in [2.05, 4.69) is 28.7 Å². The molecule has 0 aliphatic heterocycles. The van der Waals surface area contributed by atoms with Crippen molar-refractivity contribution in [3.05, 3.63) is 101 Å². The van der Waals surface area contributed by atoms with Crippen molar-refractivity contribution in [3.8, 4) is 17.2 Å². The molecule has 0 heterocycles. The van der Waals surface area contributed by atoms with E-state index in [1.807, 2.05) is 24.3 Å². The van der Waals surface area contributed by atoms with Gasteiger partial charge in [0.15, 0.2) is 0 Å². The predicted molar refractivity (Wildman–Crippen MR) is 134 cm³/mol. The number of halogens is 1. The molecule has 4 aromatic carbocycles. The van der Waals surface area contributed by atoms with E-state index >= 15 is 0 Å². The smallest absolute Gasteiger partial charge is 0.271 e. The Hall–Kier alpha value is -4.03. The average Bonchev–Trinajstić information content (AvgIpc) is 2.87. The SMILES string of the molecule is COc1cc(OC)cc(C(=O)N/N=C\c2cc(Cl)ccc2OCc2cccc3ccccc23)c1. The van der Waals surface area contributed by atoms with Gasteiger partial charge in [-0.2, -0.15) is 5.10 Å². The fraction of sp³-hybridized carbons (Fsp3) is 0.111. The van der Waals surface area contributed by atoms with E-state index in [0.717, 1.165) is 16.3 Å². The molecule has 4 aromatic rings. The first-order chi connectivity index (χ1) is 16.6. The minimum Gasteiger partial charge on any atom is -0.497 e. The number of fused-ring (bicyclic) bond motifs is 1. The fourth-order valence-electron chi connectivity index (χ4n) is 3.49. The van der Waals surface area contributed by atoms with Crippen LogP contribution in [0.1, 0.15) is 21.5 Å². The minimum atomic E-state index is -0.409. The van der Waals surface area contributed by atoms with Crippen LogP contribution in [-0.4, -0.2) is 26.3 Å². The topological polar surface area (TPSA) is 69.2 Å². The second-order valence-electron chi connectivity index (χ2n) is 7.41. The highest BCUT2D eigenvalue weighted by molar-refractivity contribution is 6.30. The molecule has 0 unspecified atom stereocenters. The van der Waals surface area contributed by atoms with Crippen molar-refractivity contribution >= 4 is 34.5 Å². The second-order valence-corrected chi connectivity index (χ2v) is 7.85. The molecule has 172 valence electrons. The molecule has 1 amide bonds. The van der Waals surface area contributed by atoms with Crippen LogP contribution in [0, 0.1) is 0 Å². The maximum atomic E-state index is 12.6. The van der Waals surface area contributed by atoms with Gasteiger partial charge in [-0.25, -0.2) is 5.43 Å². The number of carbonyl (C=O) groups is 1. The zero-order chi connectivity index (χ0) is 23.9. The van der Waals surface area contributed by atoms with E-state index in [1.54, 1.807) is 36.4 Å². The second kappa shape index (κ2) is 10.7. The number of hydrazone groups is 1. The van der Waals surface area contributed by atoms with Gasteiger partial charge in [0.2, 0.25) is 0 Å². The van der Waals surface area contributed by atoms with E-state index in [9.17, 15) is 4.79 Å². The number of amides is 1. The lowest BCUT2D eigenvalue weighted by atomic mass is 10.1. The monoisotopic (exact) mass is 474 g/mol. The molecule has 0 saturated carbocycles. The van der Waals surface area contributed by atoms with Crippen LogP contribution in [0.3, 0.4) is 0 Å². The summed E-state index contributed by atoms with van der Waals surface area (Å²) < 4.78 is 16.5. The molecule has 34 heavy (non-hydrogen) atoms. The molecule has 1 N–H and O–H groups in total. The third-order valence-corrected chi connectivity index (χ3v) is 5.45. The van der Waals surface area contributed by atoms with Gasteiger partial charge in [0.05, 0.1) is 20.4 Å². The van der Waals surface area contributed by atoms with Gasteiger partial charge in [0.1, 0.15) is 23.9 Å². The lowest BCUT2D eigenvalue weighted by Gasteiger charge is -2.11. The summed E-state index contributed by atoms with van der Waals surface area (Å²) in [6.07, 6.45) is 1.50. The van der Waals surface area contributed by atoms with Gasteiger partial charge in [0.25, 0.3) is 5.91 Å². The van der Waals surface area contributed by atoms with Gasteiger partial charge < -0.3 is 14.2 Å². The van der Waals surface area contributed by atoms with Crippen LogP contribution in [0.4, 0.5) is 0 Å². The third-order valence-electron chi connectivity index (χ3n) is 5.22. The van der Waals surface area contributed by atoms with Crippen LogP contribution in [0.2, 0.25) is 5.02 Å². The van der Waals surface area contributed by atoms with Crippen molar-refractivity contribution in [2.24, 2.45) is 5.10 Å². The summed E-state index contributed by atoms with van der Waals surface area (Å²) in [7, 11) is 3.04. The van der Waals surface area contributed by atoms with Crippen LogP contribution >= 0.6 is 11.6 Å². The van der Waals surface area contributed by atoms with Gasteiger partial charge >= 0.3 is 0 Å². The first-order valence-corrected chi connectivity index (χ1v) is 10.9. The molecule has 4 rings (SSSR count). The summed E-state index contributed by atoms with van der Waals surface area (Å²) in [6.45, 7) is 0.375. The van der Waals surface area contributed by atoms with Crippen LogP contribution in [0.15, 0.2) is 84.0 Å². The highest BCUT2D eigenvalue weighted by Crippen LogP contribution is 2.25. The number of hydrogen-bond donors (Lipinski definition) is 1. The van der Waals surface area contributed by atoms with E-state index in [1.165, 1.54) is 20.4 Å². The number of nitrogens with one attached hydrogen (secondary N) is 1. The highest BCUT2D eigenvalue weighted by Gasteiger charge is 2.10. The summed E-state index contributed by atoms with van der Waals surface area (Å²) in [4.78, 5) is 12.6. The van der Waals surface area contributed by atoms with Crippen LogP contribution in [0.5, 0.6) is 17.2 Å². The van der Waals surface area contributed by atoms with Crippen molar-refractivity contribution < 1.29 is 19.0 Å². The zero-order valence-electron chi connectivity index (χ0n) is 18.7. The number of methoxy groups -OCH3 is 2. The molecule has 0 aliphatic carbocycles. The Balaban J connectivity index is 1.49. The Morgan fingerprint density at radius 1 is 0.941 bits per heavy atom. The van der Waals surface area contributed by atoms with Crippen molar-refractivity contribution in [2.45, 2.75) is 6.61 Å². The quantitative estimate of drug-likeness (QED) is 0.257. The van der Waals surface area contributed by atoms with Gasteiger partial charge in [0, 0.05) is 22.2 Å². The first kappa shape index (κ1) is 23.1. The maximum absolute atomic E-state index is 12.6. The lowest BCUT2D eigenvalue weighted by molar-refractivity contribution is 0.0954. The van der Waals surface area contributed by atoms with Gasteiger partial charge in [-0.15, -0.1) is 0 Å². The van der Waals surface area contributed by atoms with Gasteiger partial charge in [-0.1, -0.05) is 54.1 Å². The standard InChI is InChI=1S/C27H23ClN2O4/c1-32-23-13-20(14-24(15-23)33-2)27(31)30-29-16-21-12-22(28)10-11-26(21)34-17-19-8-5-7-18-6-3-4-9-25(18)19/h3-16H,17H2,1-2H3,(H,30,31)/b29-16-. The number of hydrogen-bond acceptors (Lipinski definition) is 5. The molecular weight excluding hydrogens is 452 g/mol. The maximum Gasteiger partial charge on any atom is 0.271 e. The van der Waals surface area contributed by atoms with E-state index in [-0.39, 0.29) is 0 Å². The summed E-state index contributed by atoms with van der Waals surface area (Å²) >= 11 is 6.18. The Bertz CT molecular complexity index is 1330. The fourth-order valence-corrected chi connectivity index (χ4v) is 3.67. The highest BCUT2D eigenvalue weighted by atomic mass is 35.5. The number of ether oxygens (including phenoxy) is 3. The van der Waals surface area contributed by atoms with Crippen molar-refractivity contribution in [1.82, 2.24) is 5.43 Å². The summed E-state index contributed by atoms with van der Waals surface area (Å²) in [5.74, 6) is 1.20. The van der Waals surface area contributed by atoms with Crippen LogP contribution in [-0.2, 0) is 6.61 Å². The summed E-state index contributed by atoms with van der Waals surface area (Å²) in [5.41, 5.74) is 4.57. The first-order valence-electron chi connectivity index (χ1n) is 10.5. The molecule has 6 nitrogen and oxygen atoms in total. The summed E-state index contributed by atoms with van der Waals surface area (Å²) in [6, 6.07) is 24.4. The molecule has 0 aliphatic rings. The summed E-state index contributed by atoms with van der Waals surface area (Å²) in [5, 5.41) is 6.91. The van der Waals surface area contributed by atoms with Crippen molar-refractivity contribution in [2.75, 3.05) is 14.2 Å². The van der Waals surface area contributed by atoms with E-state index < -0.39 is 5.91 Å². The molecule has 0 radical (unpaired) electrons. The number of rotatable bonds is 8. The Morgan fingerprint density at radius 2 is 1.68 bits per heavy atom. The molecule has 0 atom stereocenters. The van der Waals surface area contributed by atoms with Crippen LogP contribution < -0.4 is 19.6 Å². The molecule has 0 spiro atoms. The molecule has 0 saturated heterocycles. The molecule has 7 heteroatoms. The van der Waals surface area contributed by atoms with Crippen molar-refractivity contribution in [3.63, 3.8) is 0 Å². The third kappa shape index (κ3) is 5.47. The number of nitrogens with zero attached hydrogens (tertiary/aromatic N) is 1. The van der Waals surface area contributed by atoms with Crippen molar-refractivity contribution in [1.29, 1.82) is 0 Å². The van der Waals surface area contributed by atoms with Gasteiger partial charge in [-0.3, -0.25) is 4.79 Å². The van der Waals surface area contributed by atoms with E-state index in [4.69, 9.17) is 25.8 Å². The predicted octanol–water partition coefficient (Wildman–Crippen LogP) is 5.85. The largest absolute Gasteiger partial charge is 0.497 e. The Labute approximate surface area is 202 Å². The number of benzene rings is 4. The molecule has 0 bridgehead atoms. The Kier molecular flexibility index (Phi) is 7.30. The molecule has 0 fully saturated rings. The average molecular weight is 475 g/mol. The van der Waals surface area contributed by atoms with Gasteiger partial charge in [-0.05, 0) is 46.7 Å². The minimum absolute atomic E-state index is 0.354. The Morgan fingerprint density at radius 3 is 2.44 bits per heavy atom. The molecular formula is C27H23ClN2O4. The van der Waals surface area contributed by atoms with Crippen LogP contribution in [0.25, 0.3) is 10.8 Å². The lowest BCUT2D eigenvalue weighted by Crippen LogP contribution is -2.17. The number of carbonyl (C=O) groups excluding carboxylic acids is 1. The molecule has 0 aromatic heterocycles. The van der Waals surface area contributed by atoms with E-state index in [0.29, 0.717) is 40.0 Å². The zero-order valence-corrected chi connectivity index (χ0v) is 19.5.